The first kappa shape index (κ1) is 24.3. The number of carbonyl (C=O) groups is 1. The summed E-state index contributed by atoms with van der Waals surface area (Å²) in [5.41, 5.74) is 9.98. The number of hydrogen-bond acceptors (Lipinski definition) is 6. The van der Waals surface area contributed by atoms with Gasteiger partial charge >= 0.3 is 0 Å². The van der Waals surface area contributed by atoms with Gasteiger partial charge in [0.25, 0.3) is 5.91 Å². The Labute approximate surface area is 217 Å². The number of nitrogens with zero attached hydrogens (tertiary/aromatic N) is 5. The lowest BCUT2D eigenvalue weighted by molar-refractivity contribution is 0.0993. The quantitative estimate of drug-likeness (QED) is 0.373. The fraction of sp³-hybridized carbons (Fsp3) is 0.185. The number of rotatable bonds is 5. The Hall–Kier alpha value is -4.42. The molecule has 1 aliphatic heterocycles. The Morgan fingerprint density at radius 3 is 2.51 bits per heavy atom. The molecule has 2 aromatic carbocycles. The standard InChI is InChI=1S/C27H22ClFN6O2/c1-14(2)34-22(19-13-32-27(31)33-25(19)37-3)11-18-24(34)23(16-6-4-15(12-30)5-7-16)35(26(18)36)17-8-9-21(29)20(28)10-17/h4-11,13-14,23H,1-3H3,(H2,31,32,33). The minimum Gasteiger partial charge on any atom is -0.480 e. The molecule has 5 rings (SSSR count). The maximum atomic E-state index is 14.0. The molecule has 0 aliphatic carbocycles. The van der Waals surface area contributed by atoms with Crippen LogP contribution in [0.25, 0.3) is 11.3 Å². The summed E-state index contributed by atoms with van der Waals surface area (Å²) < 4.78 is 21.5. The third kappa shape index (κ3) is 3.96. The predicted octanol–water partition coefficient (Wildman–Crippen LogP) is 5.53. The van der Waals surface area contributed by atoms with Gasteiger partial charge in [-0.2, -0.15) is 10.2 Å². The molecule has 0 spiro atoms. The van der Waals surface area contributed by atoms with Crippen molar-refractivity contribution >= 4 is 29.1 Å². The number of hydrogen-bond donors (Lipinski definition) is 1. The SMILES string of the molecule is COc1nc(N)ncc1-c1cc2c(n1C(C)C)C(c1ccc(C#N)cc1)N(c1ccc(F)c(Cl)c1)C2=O. The van der Waals surface area contributed by atoms with Crippen molar-refractivity contribution in [1.29, 1.82) is 5.26 Å². The lowest BCUT2D eigenvalue weighted by Crippen LogP contribution is -2.30. The lowest BCUT2D eigenvalue weighted by Gasteiger charge is -2.29. The van der Waals surface area contributed by atoms with Crippen molar-refractivity contribution in [3.8, 4) is 23.2 Å². The maximum absolute atomic E-state index is 14.0. The van der Waals surface area contributed by atoms with Gasteiger partial charge in [0.1, 0.15) is 11.9 Å². The molecule has 0 fully saturated rings. The molecule has 1 unspecified atom stereocenters. The molecule has 0 saturated heterocycles. The van der Waals surface area contributed by atoms with Gasteiger partial charge in [-0.3, -0.25) is 9.69 Å². The van der Waals surface area contributed by atoms with Gasteiger partial charge in [0.05, 0.1) is 46.3 Å². The molecule has 1 amide bonds. The van der Waals surface area contributed by atoms with Crippen LogP contribution in [0.2, 0.25) is 5.02 Å². The number of anilines is 2. The Morgan fingerprint density at radius 2 is 1.89 bits per heavy atom. The van der Waals surface area contributed by atoms with Crippen molar-refractivity contribution in [3.63, 3.8) is 0 Å². The number of carbonyl (C=O) groups excluding carboxylic acids is 1. The normalized spacial score (nSPS) is 14.7. The van der Waals surface area contributed by atoms with E-state index >= 15 is 0 Å². The summed E-state index contributed by atoms with van der Waals surface area (Å²) in [6.45, 7) is 4.01. The molecule has 37 heavy (non-hydrogen) atoms. The lowest BCUT2D eigenvalue weighted by atomic mass is 10.0. The summed E-state index contributed by atoms with van der Waals surface area (Å²) in [5.74, 6) is -0.492. The largest absolute Gasteiger partial charge is 0.480 e. The van der Waals surface area contributed by atoms with E-state index in [4.69, 9.17) is 22.1 Å². The van der Waals surface area contributed by atoms with Crippen molar-refractivity contribution in [1.82, 2.24) is 14.5 Å². The average molecular weight is 517 g/mol. The number of nitriles is 1. The summed E-state index contributed by atoms with van der Waals surface area (Å²) >= 11 is 6.10. The van der Waals surface area contributed by atoms with Crippen LogP contribution in [0.15, 0.2) is 54.7 Å². The van der Waals surface area contributed by atoms with Crippen LogP contribution in [0.5, 0.6) is 5.88 Å². The highest BCUT2D eigenvalue weighted by Crippen LogP contribution is 2.47. The molecule has 0 saturated carbocycles. The second-order valence-corrected chi connectivity index (χ2v) is 9.26. The van der Waals surface area contributed by atoms with E-state index in [1.54, 1.807) is 29.3 Å². The van der Waals surface area contributed by atoms with E-state index in [-0.39, 0.29) is 28.8 Å². The molecule has 4 aromatic rings. The van der Waals surface area contributed by atoms with Crippen LogP contribution in [-0.2, 0) is 0 Å². The monoisotopic (exact) mass is 516 g/mol. The Morgan fingerprint density at radius 1 is 1.16 bits per heavy atom. The van der Waals surface area contributed by atoms with Gasteiger partial charge in [0.15, 0.2) is 0 Å². The second-order valence-electron chi connectivity index (χ2n) is 8.85. The zero-order chi connectivity index (χ0) is 26.4. The molecule has 10 heteroatoms. The van der Waals surface area contributed by atoms with E-state index in [2.05, 4.69) is 16.0 Å². The zero-order valence-electron chi connectivity index (χ0n) is 20.2. The van der Waals surface area contributed by atoms with Crippen LogP contribution in [0.1, 0.15) is 53.1 Å². The molecule has 1 atom stereocenters. The van der Waals surface area contributed by atoms with E-state index in [0.717, 1.165) is 11.3 Å². The van der Waals surface area contributed by atoms with Crippen molar-refractivity contribution in [2.75, 3.05) is 17.7 Å². The Kier molecular flexibility index (Phi) is 6.05. The minimum absolute atomic E-state index is 0.0710. The van der Waals surface area contributed by atoms with Gasteiger partial charge < -0.3 is 15.0 Å². The number of ether oxygens (including phenoxy) is 1. The van der Waals surface area contributed by atoms with E-state index in [0.29, 0.717) is 28.1 Å². The fourth-order valence-corrected chi connectivity index (χ4v) is 4.96. The van der Waals surface area contributed by atoms with Crippen LogP contribution in [0, 0.1) is 17.1 Å². The third-order valence-electron chi connectivity index (χ3n) is 6.34. The van der Waals surface area contributed by atoms with Crippen LogP contribution in [-0.4, -0.2) is 27.6 Å². The smallest absolute Gasteiger partial charge is 0.261 e. The van der Waals surface area contributed by atoms with Crippen LogP contribution in [0.4, 0.5) is 16.0 Å². The molecule has 3 heterocycles. The molecule has 2 N–H and O–H groups in total. The van der Waals surface area contributed by atoms with Crippen molar-refractivity contribution in [2.45, 2.75) is 25.9 Å². The highest BCUT2D eigenvalue weighted by Gasteiger charge is 2.43. The van der Waals surface area contributed by atoms with Crippen LogP contribution >= 0.6 is 11.6 Å². The van der Waals surface area contributed by atoms with Crippen molar-refractivity contribution < 1.29 is 13.9 Å². The van der Waals surface area contributed by atoms with Gasteiger partial charge in [-0.1, -0.05) is 23.7 Å². The highest BCUT2D eigenvalue weighted by atomic mass is 35.5. The molecule has 2 aromatic heterocycles. The number of aromatic nitrogens is 3. The third-order valence-corrected chi connectivity index (χ3v) is 6.63. The molecule has 0 bridgehead atoms. The second kappa shape index (κ2) is 9.22. The van der Waals surface area contributed by atoms with E-state index < -0.39 is 11.9 Å². The van der Waals surface area contributed by atoms with E-state index in [1.807, 2.05) is 30.5 Å². The van der Waals surface area contributed by atoms with E-state index in [9.17, 15) is 14.4 Å². The highest BCUT2D eigenvalue weighted by molar-refractivity contribution is 6.31. The fourth-order valence-electron chi connectivity index (χ4n) is 4.78. The number of methoxy groups -OCH3 is 1. The summed E-state index contributed by atoms with van der Waals surface area (Å²) in [6.07, 6.45) is 1.57. The van der Waals surface area contributed by atoms with Gasteiger partial charge in [-0.15, -0.1) is 0 Å². The number of halogens is 2. The molecular weight excluding hydrogens is 495 g/mol. The summed E-state index contributed by atoms with van der Waals surface area (Å²) in [4.78, 5) is 23.9. The van der Waals surface area contributed by atoms with Gasteiger partial charge in [-0.05, 0) is 55.8 Å². The zero-order valence-corrected chi connectivity index (χ0v) is 21.0. The summed E-state index contributed by atoms with van der Waals surface area (Å²) in [6, 6.07) is 14.5. The van der Waals surface area contributed by atoms with E-state index in [1.165, 1.54) is 25.3 Å². The van der Waals surface area contributed by atoms with Gasteiger partial charge in [0.2, 0.25) is 11.8 Å². The van der Waals surface area contributed by atoms with Crippen LogP contribution in [0.3, 0.4) is 0 Å². The first-order valence-corrected chi connectivity index (χ1v) is 11.8. The van der Waals surface area contributed by atoms with Gasteiger partial charge in [0, 0.05) is 17.9 Å². The topological polar surface area (TPSA) is 110 Å². The van der Waals surface area contributed by atoms with Crippen LogP contribution < -0.4 is 15.4 Å². The van der Waals surface area contributed by atoms with Crippen molar-refractivity contribution in [2.24, 2.45) is 0 Å². The first-order chi connectivity index (χ1) is 17.7. The molecule has 8 nitrogen and oxygen atoms in total. The molecule has 0 radical (unpaired) electrons. The number of nitrogens with two attached hydrogens (primary N) is 1. The molecular formula is C27H22ClFN6O2. The number of benzene rings is 2. The van der Waals surface area contributed by atoms with Gasteiger partial charge in [-0.25, -0.2) is 9.37 Å². The Balaban J connectivity index is 1.78. The van der Waals surface area contributed by atoms with Crippen molar-refractivity contribution in [3.05, 3.63) is 88.0 Å². The predicted molar refractivity (Wildman–Crippen MR) is 138 cm³/mol. The summed E-state index contributed by atoms with van der Waals surface area (Å²) in [7, 11) is 1.49. The number of amides is 1. The average Bonchev–Trinajstić information content (AvgIpc) is 3.41. The Bertz CT molecular complexity index is 1580. The first-order valence-electron chi connectivity index (χ1n) is 11.5. The minimum atomic E-state index is -0.575. The molecule has 186 valence electrons. The number of fused-ring (bicyclic) bond motifs is 1. The maximum Gasteiger partial charge on any atom is 0.261 e. The summed E-state index contributed by atoms with van der Waals surface area (Å²) in [5, 5.41) is 9.21. The number of nitrogen functional groups attached to an aromatic ring is 1. The molecule has 1 aliphatic rings.